The second-order valence-electron chi connectivity index (χ2n) is 6.59. The molecule has 1 unspecified atom stereocenters. The van der Waals surface area contributed by atoms with Crippen molar-refractivity contribution in [2.24, 2.45) is 5.92 Å². The molecule has 1 aliphatic rings. The lowest BCUT2D eigenvalue weighted by Crippen LogP contribution is -2.34. The number of imidazole rings is 1. The van der Waals surface area contributed by atoms with Crippen LogP contribution >= 0.6 is 0 Å². The molecule has 1 aliphatic carbocycles. The Labute approximate surface area is 130 Å². The molecule has 1 fully saturated rings. The number of hydrogen-bond donors (Lipinski definition) is 1. The van der Waals surface area contributed by atoms with Crippen LogP contribution in [0, 0.1) is 5.92 Å². The second kappa shape index (κ2) is 9.24. The Balaban J connectivity index is 1.92. The average molecular weight is 291 g/mol. The van der Waals surface area contributed by atoms with Gasteiger partial charge in [-0.3, -0.25) is 0 Å². The molecule has 1 saturated carbocycles. The third-order valence-corrected chi connectivity index (χ3v) is 4.78. The summed E-state index contributed by atoms with van der Waals surface area (Å²) in [6.07, 6.45) is 16.3. The minimum atomic E-state index is 0.594. The Kier molecular flexibility index (Phi) is 7.28. The molecule has 0 spiro atoms. The molecule has 21 heavy (non-hydrogen) atoms. The third-order valence-electron chi connectivity index (χ3n) is 4.78. The summed E-state index contributed by atoms with van der Waals surface area (Å²) >= 11 is 0. The van der Waals surface area contributed by atoms with Gasteiger partial charge in [0.05, 0.1) is 0 Å². The van der Waals surface area contributed by atoms with E-state index in [0.29, 0.717) is 6.04 Å². The van der Waals surface area contributed by atoms with E-state index < -0.39 is 0 Å². The first-order valence-electron chi connectivity index (χ1n) is 9.06. The van der Waals surface area contributed by atoms with Crippen LogP contribution in [-0.4, -0.2) is 22.1 Å². The van der Waals surface area contributed by atoms with Gasteiger partial charge in [0.2, 0.25) is 0 Å². The molecule has 1 aromatic rings. The summed E-state index contributed by atoms with van der Waals surface area (Å²) in [6.45, 7) is 6.61. The summed E-state index contributed by atoms with van der Waals surface area (Å²) < 4.78 is 2.33. The third kappa shape index (κ3) is 5.46. The molecule has 0 aromatic carbocycles. The molecular formula is C18H33N3. The van der Waals surface area contributed by atoms with Gasteiger partial charge in [-0.15, -0.1) is 0 Å². The van der Waals surface area contributed by atoms with E-state index in [1.165, 1.54) is 57.2 Å². The summed E-state index contributed by atoms with van der Waals surface area (Å²) in [7, 11) is 0. The predicted octanol–water partition coefficient (Wildman–Crippen LogP) is 4.17. The summed E-state index contributed by atoms with van der Waals surface area (Å²) in [5.74, 6) is 2.18. The molecule has 0 saturated heterocycles. The summed E-state index contributed by atoms with van der Waals surface area (Å²) in [5, 5.41) is 3.70. The molecule has 1 atom stereocenters. The van der Waals surface area contributed by atoms with Gasteiger partial charge < -0.3 is 9.88 Å². The Morgan fingerprint density at radius 2 is 2.00 bits per heavy atom. The van der Waals surface area contributed by atoms with Crippen LogP contribution in [0.1, 0.15) is 71.0 Å². The topological polar surface area (TPSA) is 29.9 Å². The molecule has 0 radical (unpaired) electrons. The van der Waals surface area contributed by atoms with Gasteiger partial charge >= 0.3 is 0 Å². The highest BCUT2D eigenvalue weighted by atomic mass is 15.1. The van der Waals surface area contributed by atoms with Gasteiger partial charge in [-0.25, -0.2) is 4.98 Å². The van der Waals surface area contributed by atoms with E-state index in [9.17, 15) is 0 Å². The SMILES string of the molecule is CCCn1ccnc1CC(CC1CCCCCC1)NCC. The molecule has 0 aliphatic heterocycles. The number of nitrogens with zero attached hydrogens (tertiary/aromatic N) is 2. The van der Waals surface area contributed by atoms with Gasteiger partial charge in [-0.05, 0) is 25.3 Å². The number of aryl methyl sites for hydroxylation is 1. The minimum Gasteiger partial charge on any atom is -0.335 e. The van der Waals surface area contributed by atoms with Crippen molar-refractivity contribution in [1.82, 2.24) is 14.9 Å². The van der Waals surface area contributed by atoms with Crippen LogP contribution < -0.4 is 5.32 Å². The molecule has 2 rings (SSSR count). The van der Waals surface area contributed by atoms with Crippen LogP contribution in [-0.2, 0) is 13.0 Å². The largest absolute Gasteiger partial charge is 0.335 e. The van der Waals surface area contributed by atoms with Gasteiger partial charge in [0.15, 0.2) is 0 Å². The Morgan fingerprint density at radius 3 is 2.67 bits per heavy atom. The number of nitrogens with one attached hydrogen (secondary N) is 1. The fourth-order valence-electron chi connectivity index (χ4n) is 3.72. The first-order valence-corrected chi connectivity index (χ1v) is 9.06. The number of rotatable bonds is 8. The van der Waals surface area contributed by atoms with Crippen molar-refractivity contribution in [2.45, 2.75) is 84.2 Å². The predicted molar refractivity (Wildman–Crippen MR) is 89.5 cm³/mol. The first-order chi connectivity index (χ1) is 10.3. The Hall–Kier alpha value is -0.830. The number of likely N-dealkylation sites (N-methyl/N-ethyl adjacent to an activating group) is 1. The zero-order chi connectivity index (χ0) is 14.9. The molecule has 0 amide bonds. The molecule has 3 heteroatoms. The molecular weight excluding hydrogens is 258 g/mol. The lowest BCUT2D eigenvalue weighted by Gasteiger charge is -2.23. The number of hydrogen-bond acceptors (Lipinski definition) is 2. The lowest BCUT2D eigenvalue weighted by molar-refractivity contribution is 0.347. The average Bonchev–Trinajstić information content (AvgIpc) is 2.74. The van der Waals surface area contributed by atoms with Crippen molar-refractivity contribution in [3.05, 3.63) is 18.2 Å². The van der Waals surface area contributed by atoms with E-state index in [4.69, 9.17) is 0 Å². The molecule has 1 heterocycles. The molecule has 1 N–H and O–H groups in total. The Morgan fingerprint density at radius 1 is 1.24 bits per heavy atom. The van der Waals surface area contributed by atoms with Crippen LogP contribution in [0.25, 0.3) is 0 Å². The molecule has 1 aromatic heterocycles. The van der Waals surface area contributed by atoms with E-state index in [-0.39, 0.29) is 0 Å². The smallest absolute Gasteiger partial charge is 0.110 e. The summed E-state index contributed by atoms with van der Waals surface area (Å²) in [5.41, 5.74) is 0. The zero-order valence-corrected chi connectivity index (χ0v) is 14.0. The van der Waals surface area contributed by atoms with E-state index in [0.717, 1.165) is 25.4 Å². The van der Waals surface area contributed by atoms with Gasteiger partial charge in [0, 0.05) is 31.4 Å². The van der Waals surface area contributed by atoms with Crippen LogP contribution in [0.3, 0.4) is 0 Å². The molecule has 0 bridgehead atoms. The van der Waals surface area contributed by atoms with Gasteiger partial charge in [0.1, 0.15) is 5.82 Å². The lowest BCUT2D eigenvalue weighted by atomic mass is 9.91. The summed E-state index contributed by atoms with van der Waals surface area (Å²) in [4.78, 5) is 4.59. The van der Waals surface area contributed by atoms with Crippen molar-refractivity contribution in [3.8, 4) is 0 Å². The van der Waals surface area contributed by atoms with Gasteiger partial charge in [0.25, 0.3) is 0 Å². The molecule has 3 nitrogen and oxygen atoms in total. The fourth-order valence-corrected chi connectivity index (χ4v) is 3.72. The standard InChI is InChI=1S/C18H33N3/c1-3-12-21-13-11-20-18(21)15-17(19-4-2)14-16-9-7-5-6-8-10-16/h11,13,16-17,19H,3-10,12,14-15H2,1-2H3. The van der Waals surface area contributed by atoms with Crippen molar-refractivity contribution in [1.29, 1.82) is 0 Å². The van der Waals surface area contributed by atoms with Crippen LogP contribution in [0.5, 0.6) is 0 Å². The normalized spacial score (nSPS) is 18.6. The Bertz CT molecular complexity index is 378. The van der Waals surface area contributed by atoms with E-state index in [2.05, 4.69) is 34.9 Å². The van der Waals surface area contributed by atoms with Crippen molar-refractivity contribution in [3.63, 3.8) is 0 Å². The monoisotopic (exact) mass is 291 g/mol. The maximum Gasteiger partial charge on any atom is 0.110 e. The fraction of sp³-hybridized carbons (Fsp3) is 0.833. The van der Waals surface area contributed by atoms with Crippen molar-refractivity contribution < 1.29 is 0 Å². The second-order valence-corrected chi connectivity index (χ2v) is 6.59. The number of aromatic nitrogens is 2. The van der Waals surface area contributed by atoms with Crippen molar-refractivity contribution >= 4 is 0 Å². The quantitative estimate of drug-likeness (QED) is 0.728. The van der Waals surface area contributed by atoms with Gasteiger partial charge in [-0.1, -0.05) is 52.4 Å². The maximum atomic E-state index is 4.59. The highest BCUT2D eigenvalue weighted by Gasteiger charge is 2.19. The van der Waals surface area contributed by atoms with Crippen LogP contribution in [0.4, 0.5) is 0 Å². The molecule has 120 valence electrons. The van der Waals surface area contributed by atoms with Crippen molar-refractivity contribution in [2.75, 3.05) is 6.54 Å². The minimum absolute atomic E-state index is 0.594. The van der Waals surface area contributed by atoms with E-state index in [1.54, 1.807) is 0 Å². The van der Waals surface area contributed by atoms with E-state index >= 15 is 0 Å². The maximum absolute atomic E-state index is 4.59. The highest BCUT2D eigenvalue weighted by molar-refractivity contribution is 4.96. The van der Waals surface area contributed by atoms with Crippen LogP contribution in [0.2, 0.25) is 0 Å². The van der Waals surface area contributed by atoms with Gasteiger partial charge in [-0.2, -0.15) is 0 Å². The zero-order valence-electron chi connectivity index (χ0n) is 14.0. The van der Waals surface area contributed by atoms with E-state index in [1.807, 2.05) is 6.20 Å². The summed E-state index contributed by atoms with van der Waals surface area (Å²) in [6, 6.07) is 0.594. The first kappa shape index (κ1) is 16.5. The van der Waals surface area contributed by atoms with Crippen LogP contribution in [0.15, 0.2) is 12.4 Å². The highest BCUT2D eigenvalue weighted by Crippen LogP contribution is 2.27.